The molecule has 0 spiro atoms. The molecule has 0 amide bonds. The summed E-state index contributed by atoms with van der Waals surface area (Å²) in [6.07, 6.45) is 1.13. The van der Waals surface area contributed by atoms with Gasteiger partial charge in [0.2, 0.25) is 10.0 Å². The molecule has 0 saturated carbocycles. The van der Waals surface area contributed by atoms with E-state index in [2.05, 4.69) is 20.1 Å². The SMILES string of the molecule is CNS(=O)(=O)CCNc1ccc(-c2ccc(F)cc2)nc1-c1ccn(C(F)F)n1. The maximum atomic E-state index is 13.2. The summed E-state index contributed by atoms with van der Waals surface area (Å²) in [5, 5.41) is 6.79. The molecule has 0 atom stereocenters. The minimum Gasteiger partial charge on any atom is -0.382 e. The lowest BCUT2D eigenvalue weighted by Gasteiger charge is -2.12. The Morgan fingerprint density at radius 2 is 1.79 bits per heavy atom. The Labute approximate surface area is 165 Å². The van der Waals surface area contributed by atoms with E-state index < -0.39 is 22.4 Å². The Bertz CT molecular complexity index is 1090. The Kier molecular flexibility index (Phi) is 6.18. The third-order valence-electron chi connectivity index (χ3n) is 4.08. The molecule has 0 saturated heterocycles. The molecule has 3 rings (SSSR count). The van der Waals surface area contributed by atoms with Gasteiger partial charge in [-0.25, -0.2) is 27.2 Å². The van der Waals surface area contributed by atoms with Crippen LogP contribution in [0.5, 0.6) is 0 Å². The third kappa shape index (κ3) is 5.12. The van der Waals surface area contributed by atoms with Crippen LogP contribution in [0.2, 0.25) is 0 Å². The van der Waals surface area contributed by atoms with Gasteiger partial charge in [0.05, 0.1) is 17.1 Å². The van der Waals surface area contributed by atoms with Crippen LogP contribution < -0.4 is 10.0 Å². The summed E-state index contributed by atoms with van der Waals surface area (Å²) < 4.78 is 64.9. The van der Waals surface area contributed by atoms with E-state index in [-0.39, 0.29) is 23.7 Å². The van der Waals surface area contributed by atoms with Crippen molar-refractivity contribution >= 4 is 15.7 Å². The highest BCUT2D eigenvalue weighted by Crippen LogP contribution is 2.29. The zero-order chi connectivity index (χ0) is 21.0. The van der Waals surface area contributed by atoms with Crippen LogP contribution in [0.25, 0.3) is 22.6 Å². The van der Waals surface area contributed by atoms with Crippen LogP contribution >= 0.6 is 0 Å². The Balaban J connectivity index is 1.96. The van der Waals surface area contributed by atoms with Gasteiger partial charge in [-0.2, -0.15) is 13.9 Å². The highest BCUT2D eigenvalue weighted by Gasteiger charge is 2.16. The van der Waals surface area contributed by atoms with Crippen LogP contribution in [0.1, 0.15) is 6.55 Å². The zero-order valence-corrected chi connectivity index (χ0v) is 16.1. The van der Waals surface area contributed by atoms with Gasteiger partial charge in [0.15, 0.2) is 0 Å². The molecule has 7 nitrogen and oxygen atoms in total. The van der Waals surface area contributed by atoms with Gasteiger partial charge in [-0.15, -0.1) is 0 Å². The molecular formula is C18H18F3N5O2S. The Morgan fingerprint density at radius 1 is 1.07 bits per heavy atom. The second kappa shape index (κ2) is 8.62. The highest BCUT2D eigenvalue weighted by molar-refractivity contribution is 7.89. The number of benzene rings is 1. The molecule has 0 aliphatic carbocycles. The van der Waals surface area contributed by atoms with Crippen molar-refractivity contribution < 1.29 is 21.6 Å². The number of alkyl halides is 2. The van der Waals surface area contributed by atoms with E-state index in [4.69, 9.17) is 0 Å². The first-order valence-corrected chi connectivity index (χ1v) is 10.2. The first-order chi connectivity index (χ1) is 13.8. The molecule has 3 aromatic rings. The lowest BCUT2D eigenvalue weighted by atomic mass is 10.1. The van der Waals surface area contributed by atoms with Crippen molar-refractivity contribution in [3.05, 3.63) is 54.5 Å². The van der Waals surface area contributed by atoms with Crippen molar-refractivity contribution in [1.29, 1.82) is 0 Å². The second-order valence-corrected chi connectivity index (χ2v) is 8.05. The highest BCUT2D eigenvalue weighted by atomic mass is 32.2. The van der Waals surface area contributed by atoms with Gasteiger partial charge in [0.25, 0.3) is 0 Å². The minimum absolute atomic E-state index is 0.0727. The van der Waals surface area contributed by atoms with E-state index in [0.29, 0.717) is 21.6 Å². The average molecular weight is 425 g/mol. The summed E-state index contributed by atoms with van der Waals surface area (Å²) in [4.78, 5) is 4.48. The fourth-order valence-corrected chi connectivity index (χ4v) is 3.15. The van der Waals surface area contributed by atoms with Gasteiger partial charge in [-0.05, 0) is 49.5 Å². The summed E-state index contributed by atoms with van der Waals surface area (Å²) in [6.45, 7) is -2.73. The molecule has 11 heteroatoms. The van der Waals surface area contributed by atoms with Crippen LogP contribution in [0.15, 0.2) is 48.7 Å². The lowest BCUT2D eigenvalue weighted by Crippen LogP contribution is -2.26. The number of nitrogens with one attached hydrogen (secondary N) is 2. The summed E-state index contributed by atoms with van der Waals surface area (Å²) in [7, 11) is -2.10. The van der Waals surface area contributed by atoms with Gasteiger partial charge >= 0.3 is 6.55 Å². The van der Waals surface area contributed by atoms with Gasteiger partial charge in [0.1, 0.15) is 17.2 Å². The molecular weight excluding hydrogens is 407 g/mol. The molecule has 0 radical (unpaired) electrons. The number of rotatable bonds is 8. The summed E-state index contributed by atoms with van der Waals surface area (Å²) in [5.74, 6) is -0.581. The average Bonchev–Trinajstić information content (AvgIpc) is 3.19. The van der Waals surface area contributed by atoms with Crippen LogP contribution in [-0.4, -0.2) is 42.5 Å². The number of nitrogens with zero attached hydrogens (tertiary/aromatic N) is 3. The van der Waals surface area contributed by atoms with E-state index in [1.807, 2.05) is 0 Å². The van der Waals surface area contributed by atoms with Crippen LogP contribution in [0.4, 0.5) is 18.9 Å². The van der Waals surface area contributed by atoms with Gasteiger partial charge in [-0.3, -0.25) is 0 Å². The maximum absolute atomic E-state index is 13.2. The van der Waals surface area contributed by atoms with E-state index >= 15 is 0 Å². The first-order valence-electron chi connectivity index (χ1n) is 8.55. The zero-order valence-electron chi connectivity index (χ0n) is 15.3. The molecule has 2 aromatic heterocycles. The molecule has 0 aliphatic rings. The molecule has 0 fully saturated rings. The molecule has 2 heterocycles. The number of sulfonamides is 1. The van der Waals surface area contributed by atoms with E-state index in [1.54, 1.807) is 24.3 Å². The number of anilines is 1. The van der Waals surface area contributed by atoms with Crippen LogP contribution in [0.3, 0.4) is 0 Å². The molecule has 1 aromatic carbocycles. The normalized spacial score (nSPS) is 11.8. The number of halogens is 3. The minimum atomic E-state index is -3.42. The van der Waals surface area contributed by atoms with Crippen molar-refractivity contribution in [2.75, 3.05) is 24.7 Å². The smallest absolute Gasteiger partial charge is 0.333 e. The van der Waals surface area contributed by atoms with Crippen molar-refractivity contribution in [1.82, 2.24) is 19.5 Å². The van der Waals surface area contributed by atoms with Crippen molar-refractivity contribution in [3.8, 4) is 22.6 Å². The monoisotopic (exact) mass is 425 g/mol. The molecule has 0 unspecified atom stereocenters. The van der Waals surface area contributed by atoms with Gasteiger partial charge < -0.3 is 5.32 Å². The third-order valence-corrected chi connectivity index (χ3v) is 5.45. The number of hydrogen-bond acceptors (Lipinski definition) is 5. The fraction of sp³-hybridized carbons (Fsp3) is 0.222. The summed E-state index contributed by atoms with van der Waals surface area (Å²) >= 11 is 0. The van der Waals surface area contributed by atoms with Crippen molar-refractivity contribution in [3.63, 3.8) is 0 Å². The number of hydrogen-bond donors (Lipinski definition) is 2. The molecule has 0 bridgehead atoms. The van der Waals surface area contributed by atoms with Crippen LogP contribution in [-0.2, 0) is 10.0 Å². The van der Waals surface area contributed by atoms with E-state index in [1.165, 1.54) is 25.2 Å². The van der Waals surface area contributed by atoms with E-state index in [9.17, 15) is 21.6 Å². The largest absolute Gasteiger partial charge is 0.382 e. The fourth-order valence-electron chi connectivity index (χ4n) is 2.57. The van der Waals surface area contributed by atoms with Gasteiger partial charge in [0, 0.05) is 18.3 Å². The Morgan fingerprint density at radius 3 is 2.41 bits per heavy atom. The molecule has 154 valence electrons. The van der Waals surface area contributed by atoms with Crippen molar-refractivity contribution in [2.45, 2.75) is 6.55 Å². The lowest BCUT2D eigenvalue weighted by molar-refractivity contribution is 0.0568. The second-order valence-electron chi connectivity index (χ2n) is 6.01. The van der Waals surface area contributed by atoms with E-state index in [0.717, 1.165) is 6.20 Å². The quantitative estimate of drug-likeness (QED) is 0.579. The number of pyridine rings is 1. The number of aromatic nitrogens is 3. The summed E-state index contributed by atoms with van der Waals surface area (Å²) in [5.41, 5.74) is 2.01. The molecule has 29 heavy (non-hydrogen) atoms. The standard InChI is InChI=1S/C18H18F3N5O2S/c1-22-29(27,28)11-9-23-15-7-6-14(12-2-4-13(19)5-3-12)24-17(15)16-8-10-26(25-16)18(20)21/h2-8,10,18,22-23H,9,11H2,1H3. The topological polar surface area (TPSA) is 88.9 Å². The Hall–Kier alpha value is -2.92. The van der Waals surface area contributed by atoms with Crippen molar-refractivity contribution in [2.24, 2.45) is 0 Å². The van der Waals surface area contributed by atoms with Gasteiger partial charge in [-0.1, -0.05) is 0 Å². The maximum Gasteiger partial charge on any atom is 0.333 e. The molecule has 0 aliphatic heterocycles. The predicted octanol–water partition coefficient (Wildman–Crippen LogP) is 3.11. The van der Waals surface area contributed by atoms with Crippen LogP contribution in [0, 0.1) is 5.82 Å². The molecule has 2 N–H and O–H groups in total. The first kappa shape index (κ1) is 20.8. The predicted molar refractivity (Wildman–Crippen MR) is 103 cm³/mol. The summed E-state index contributed by atoms with van der Waals surface area (Å²) in [6, 6.07) is 10.4.